The van der Waals surface area contributed by atoms with E-state index in [4.69, 9.17) is 11.5 Å². The molecule has 37 heavy (non-hydrogen) atoms. The average molecular weight is 517 g/mol. The van der Waals surface area contributed by atoms with Gasteiger partial charge in [0.2, 0.25) is 23.6 Å². The molecular weight excluding hydrogens is 480 g/mol. The van der Waals surface area contributed by atoms with Gasteiger partial charge in [-0.05, 0) is 30.9 Å². The van der Waals surface area contributed by atoms with Crippen molar-refractivity contribution in [1.29, 1.82) is 0 Å². The molecule has 9 N–H and O–H groups in total. The fraction of sp³-hybridized carbons (Fsp3) is 0.480. The fourth-order valence-corrected chi connectivity index (χ4v) is 3.80. The molecular formula is C25H36N6O6. The van der Waals surface area contributed by atoms with Crippen LogP contribution in [0.15, 0.2) is 30.5 Å². The third-order valence-electron chi connectivity index (χ3n) is 6.23. The Morgan fingerprint density at radius 3 is 2.22 bits per heavy atom. The van der Waals surface area contributed by atoms with Gasteiger partial charge in [-0.2, -0.15) is 0 Å². The van der Waals surface area contributed by atoms with Gasteiger partial charge in [0.25, 0.3) is 0 Å². The van der Waals surface area contributed by atoms with Crippen LogP contribution in [0.4, 0.5) is 0 Å². The van der Waals surface area contributed by atoms with Crippen molar-refractivity contribution in [2.75, 3.05) is 0 Å². The number of nitrogens with two attached hydrogens (primary N) is 2. The highest BCUT2D eigenvalue weighted by molar-refractivity contribution is 5.94. The number of H-pyrrole nitrogens is 1. The van der Waals surface area contributed by atoms with Gasteiger partial charge < -0.3 is 37.5 Å². The Kier molecular flexibility index (Phi) is 10.6. The number of para-hydroxylation sites is 1. The smallest absolute Gasteiger partial charge is 0.326 e. The third kappa shape index (κ3) is 8.31. The van der Waals surface area contributed by atoms with Crippen molar-refractivity contribution >= 4 is 40.5 Å². The minimum absolute atomic E-state index is 0.0257. The van der Waals surface area contributed by atoms with Crippen LogP contribution in [0, 0.1) is 5.92 Å². The van der Waals surface area contributed by atoms with E-state index in [1.54, 1.807) is 13.1 Å². The maximum absolute atomic E-state index is 13.2. The molecule has 202 valence electrons. The molecule has 0 saturated heterocycles. The predicted octanol–water partition coefficient (Wildman–Crippen LogP) is -0.0918. The minimum atomic E-state index is -1.25. The summed E-state index contributed by atoms with van der Waals surface area (Å²) in [6.45, 7) is 4.99. The van der Waals surface area contributed by atoms with E-state index in [-0.39, 0.29) is 25.2 Å². The lowest BCUT2D eigenvalue weighted by molar-refractivity contribution is -0.142. The van der Waals surface area contributed by atoms with Crippen molar-refractivity contribution in [3.8, 4) is 0 Å². The molecule has 0 spiro atoms. The van der Waals surface area contributed by atoms with E-state index >= 15 is 0 Å². The summed E-state index contributed by atoms with van der Waals surface area (Å²) >= 11 is 0. The Morgan fingerprint density at radius 1 is 0.973 bits per heavy atom. The molecule has 12 heteroatoms. The fourth-order valence-electron chi connectivity index (χ4n) is 3.80. The van der Waals surface area contributed by atoms with Gasteiger partial charge in [-0.3, -0.25) is 19.2 Å². The second kappa shape index (κ2) is 13.4. The molecule has 1 aromatic carbocycles. The van der Waals surface area contributed by atoms with Crippen molar-refractivity contribution in [3.63, 3.8) is 0 Å². The van der Waals surface area contributed by atoms with E-state index < -0.39 is 53.8 Å². The predicted molar refractivity (Wildman–Crippen MR) is 137 cm³/mol. The number of carbonyl (C=O) groups excluding carboxylic acids is 4. The third-order valence-corrected chi connectivity index (χ3v) is 6.23. The number of benzene rings is 1. The van der Waals surface area contributed by atoms with Crippen LogP contribution < -0.4 is 27.4 Å². The molecule has 5 unspecified atom stereocenters. The Labute approximate surface area is 214 Å². The summed E-state index contributed by atoms with van der Waals surface area (Å²) in [6.07, 6.45) is 1.95. The van der Waals surface area contributed by atoms with Crippen LogP contribution in [0.3, 0.4) is 0 Å². The molecule has 0 saturated carbocycles. The Bertz CT molecular complexity index is 1130. The number of amides is 4. The summed E-state index contributed by atoms with van der Waals surface area (Å²) in [5, 5.41) is 18.3. The number of carbonyl (C=O) groups is 5. The molecule has 0 radical (unpaired) electrons. The number of hydrogen-bond donors (Lipinski definition) is 7. The molecule has 2 aromatic rings. The normalized spacial score (nSPS) is 15.1. The van der Waals surface area contributed by atoms with Gasteiger partial charge in [0.05, 0.1) is 6.04 Å². The van der Waals surface area contributed by atoms with Crippen molar-refractivity contribution < 1.29 is 29.1 Å². The zero-order chi connectivity index (χ0) is 27.7. The number of hydrogen-bond acceptors (Lipinski definition) is 6. The molecule has 12 nitrogen and oxygen atoms in total. The first-order chi connectivity index (χ1) is 17.4. The quantitative estimate of drug-likeness (QED) is 0.181. The van der Waals surface area contributed by atoms with Crippen molar-refractivity contribution in [2.24, 2.45) is 17.4 Å². The van der Waals surface area contributed by atoms with Gasteiger partial charge in [-0.25, -0.2) is 4.79 Å². The van der Waals surface area contributed by atoms with Crippen molar-refractivity contribution in [1.82, 2.24) is 20.9 Å². The van der Waals surface area contributed by atoms with Crippen LogP contribution in [0.25, 0.3) is 10.9 Å². The van der Waals surface area contributed by atoms with Crippen LogP contribution in [0.1, 0.15) is 45.6 Å². The van der Waals surface area contributed by atoms with E-state index in [0.29, 0.717) is 6.42 Å². The van der Waals surface area contributed by atoms with Crippen LogP contribution >= 0.6 is 0 Å². The summed E-state index contributed by atoms with van der Waals surface area (Å²) in [5.41, 5.74) is 12.3. The molecule has 1 heterocycles. The number of aromatic nitrogens is 1. The molecule has 4 amide bonds. The number of aliphatic carboxylic acids is 1. The number of fused-ring (bicyclic) bond motifs is 1. The summed E-state index contributed by atoms with van der Waals surface area (Å²) in [4.78, 5) is 64.7. The van der Waals surface area contributed by atoms with Crippen molar-refractivity contribution in [2.45, 2.75) is 70.6 Å². The Balaban J connectivity index is 2.20. The van der Waals surface area contributed by atoms with Crippen LogP contribution in [0.2, 0.25) is 0 Å². The van der Waals surface area contributed by atoms with E-state index in [1.807, 2.05) is 31.2 Å². The lowest BCUT2D eigenvalue weighted by atomic mass is 9.96. The summed E-state index contributed by atoms with van der Waals surface area (Å²) in [6, 6.07) is 3.00. The molecule has 0 aliphatic carbocycles. The average Bonchev–Trinajstić information content (AvgIpc) is 3.26. The monoisotopic (exact) mass is 516 g/mol. The van der Waals surface area contributed by atoms with Gasteiger partial charge in [0, 0.05) is 29.9 Å². The molecule has 5 atom stereocenters. The van der Waals surface area contributed by atoms with E-state index in [0.717, 1.165) is 16.5 Å². The van der Waals surface area contributed by atoms with E-state index in [1.165, 1.54) is 6.92 Å². The largest absolute Gasteiger partial charge is 0.480 e. The molecule has 0 bridgehead atoms. The molecule has 0 aliphatic rings. The second-order valence-electron chi connectivity index (χ2n) is 9.19. The molecule has 1 aromatic heterocycles. The summed E-state index contributed by atoms with van der Waals surface area (Å²) in [5.74, 6) is -4.26. The standard InChI is InChI=1S/C25H36N6O6/c1-4-13(2)21(31-23(34)18(9-10-20(27)32)29-22(33)14(3)26)24(35)30-19(25(36)37)11-15-12-28-17-8-6-5-7-16(15)17/h5-8,12-14,18-19,21,28H,4,9-11,26H2,1-3H3,(H2,27,32)(H,29,33)(H,30,35)(H,31,34)(H,36,37). The Hall–Kier alpha value is -3.93. The van der Waals surface area contributed by atoms with Crippen LogP contribution in [-0.2, 0) is 30.4 Å². The lowest BCUT2D eigenvalue weighted by Crippen LogP contribution is -2.58. The van der Waals surface area contributed by atoms with Gasteiger partial charge >= 0.3 is 5.97 Å². The first-order valence-corrected chi connectivity index (χ1v) is 12.2. The van der Waals surface area contributed by atoms with Crippen molar-refractivity contribution in [3.05, 3.63) is 36.0 Å². The number of primary amides is 1. The summed E-state index contributed by atoms with van der Waals surface area (Å²) in [7, 11) is 0. The van der Waals surface area contributed by atoms with Crippen LogP contribution in [-0.4, -0.2) is 63.9 Å². The maximum Gasteiger partial charge on any atom is 0.326 e. The topological polar surface area (TPSA) is 209 Å². The highest BCUT2D eigenvalue weighted by Gasteiger charge is 2.33. The zero-order valence-corrected chi connectivity index (χ0v) is 21.2. The number of rotatable bonds is 14. The molecule has 0 aliphatic heterocycles. The van der Waals surface area contributed by atoms with Gasteiger partial charge in [0.1, 0.15) is 18.1 Å². The first kappa shape index (κ1) is 29.3. The lowest BCUT2D eigenvalue weighted by Gasteiger charge is -2.28. The SMILES string of the molecule is CCC(C)C(NC(=O)C(CCC(N)=O)NC(=O)C(C)N)C(=O)NC(Cc1c[nH]c2ccccc12)C(=O)O. The number of aromatic amines is 1. The van der Waals surface area contributed by atoms with Gasteiger partial charge in [-0.15, -0.1) is 0 Å². The highest BCUT2D eigenvalue weighted by Crippen LogP contribution is 2.19. The number of nitrogens with one attached hydrogen (secondary N) is 4. The second-order valence-corrected chi connectivity index (χ2v) is 9.19. The van der Waals surface area contributed by atoms with Gasteiger partial charge in [0.15, 0.2) is 0 Å². The number of carboxylic acids is 1. The summed E-state index contributed by atoms with van der Waals surface area (Å²) < 4.78 is 0. The molecule has 0 fully saturated rings. The molecule has 2 rings (SSSR count). The minimum Gasteiger partial charge on any atom is -0.480 e. The van der Waals surface area contributed by atoms with Crippen LogP contribution in [0.5, 0.6) is 0 Å². The van der Waals surface area contributed by atoms with Gasteiger partial charge in [-0.1, -0.05) is 38.5 Å². The highest BCUT2D eigenvalue weighted by atomic mass is 16.4. The van der Waals surface area contributed by atoms with E-state index in [2.05, 4.69) is 20.9 Å². The number of carboxylic acid groups (broad SMARTS) is 1. The first-order valence-electron chi connectivity index (χ1n) is 12.2. The maximum atomic E-state index is 13.2. The Morgan fingerprint density at radius 2 is 1.62 bits per heavy atom. The van der Waals surface area contributed by atoms with E-state index in [9.17, 15) is 29.1 Å². The zero-order valence-electron chi connectivity index (χ0n) is 21.2.